The van der Waals surface area contributed by atoms with E-state index in [2.05, 4.69) is 10.6 Å². The maximum Gasteiger partial charge on any atom is 0.407 e. The summed E-state index contributed by atoms with van der Waals surface area (Å²) in [5.41, 5.74) is 0.698. The first-order chi connectivity index (χ1) is 10.9. The van der Waals surface area contributed by atoms with Crippen molar-refractivity contribution in [3.8, 4) is 0 Å². The molecule has 1 aromatic rings. The van der Waals surface area contributed by atoms with Crippen LogP contribution in [0.2, 0.25) is 5.02 Å². The van der Waals surface area contributed by atoms with Crippen molar-refractivity contribution in [3.63, 3.8) is 0 Å². The molecule has 0 bridgehead atoms. The fraction of sp³-hybridized carbons (Fsp3) is 0.556. The van der Waals surface area contributed by atoms with Gasteiger partial charge < -0.3 is 15.4 Å². The number of carbonyl (C=O) groups is 2. The van der Waals surface area contributed by atoms with Gasteiger partial charge in [0.05, 0.1) is 0 Å². The predicted octanol–water partition coefficient (Wildman–Crippen LogP) is 4.03. The summed E-state index contributed by atoms with van der Waals surface area (Å²) >= 11 is 6.17. The molecule has 0 atom stereocenters. The summed E-state index contributed by atoms with van der Waals surface area (Å²) < 4.78 is 5.20. The van der Waals surface area contributed by atoms with Crippen LogP contribution in [0.4, 0.5) is 4.79 Å². The summed E-state index contributed by atoms with van der Waals surface area (Å²) in [6.45, 7) is 11.7. The minimum Gasteiger partial charge on any atom is -0.444 e. The third-order valence-corrected chi connectivity index (χ3v) is 3.44. The largest absolute Gasteiger partial charge is 0.444 e. The highest BCUT2D eigenvalue weighted by molar-refractivity contribution is 6.31. The fourth-order valence-corrected chi connectivity index (χ4v) is 1.99. The summed E-state index contributed by atoms with van der Waals surface area (Å²) in [5.74, 6) is -0.0223. The number of amides is 2. The molecule has 2 N–H and O–H groups in total. The van der Waals surface area contributed by atoms with Crippen molar-refractivity contribution in [1.29, 1.82) is 0 Å². The first-order valence-electron chi connectivity index (χ1n) is 7.91. The molecule has 0 aliphatic heterocycles. The van der Waals surface area contributed by atoms with Crippen LogP contribution in [0.25, 0.3) is 0 Å². The Labute approximate surface area is 149 Å². The van der Waals surface area contributed by atoms with E-state index in [0.29, 0.717) is 11.6 Å². The smallest absolute Gasteiger partial charge is 0.407 e. The number of alkyl carbamates (subject to hydrolysis) is 1. The van der Waals surface area contributed by atoms with Crippen molar-refractivity contribution in [2.45, 2.75) is 60.2 Å². The van der Waals surface area contributed by atoms with E-state index in [4.69, 9.17) is 16.3 Å². The monoisotopic (exact) mass is 354 g/mol. The van der Waals surface area contributed by atoms with Gasteiger partial charge in [-0.3, -0.25) is 4.79 Å². The Balaban J connectivity index is 2.66. The van der Waals surface area contributed by atoms with Crippen molar-refractivity contribution in [3.05, 3.63) is 34.3 Å². The highest BCUT2D eigenvalue weighted by Crippen LogP contribution is 2.19. The molecule has 0 saturated heterocycles. The summed E-state index contributed by atoms with van der Waals surface area (Å²) in [6.07, 6.45) is -0.495. The lowest BCUT2D eigenvalue weighted by Crippen LogP contribution is -2.34. The van der Waals surface area contributed by atoms with E-state index in [9.17, 15) is 9.59 Å². The van der Waals surface area contributed by atoms with Gasteiger partial charge in [0.1, 0.15) is 5.60 Å². The molecule has 0 heterocycles. The molecule has 0 spiro atoms. The van der Waals surface area contributed by atoms with Gasteiger partial charge >= 0.3 is 6.09 Å². The van der Waals surface area contributed by atoms with E-state index in [-0.39, 0.29) is 12.5 Å². The van der Waals surface area contributed by atoms with Crippen LogP contribution in [0, 0.1) is 5.41 Å². The lowest BCUT2D eigenvalue weighted by Gasteiger charge is -2.20. The molecule has 0 fully saturated rings. The summed E-state index contributed by atoms with van der Waals surface area (Å²) in [6, 6.07) is 5.47. The topological polar surface area (TPSA) is 67.4 Å². The van der Waals surface area contributed by atoms with Crippen molar-refractivity contribution >= 4 is 23.6 Å². The van der Waals surface area contributed by atoms with Crippen LogP contribution >= 0.6 is 11.6 Å². The maximum absolute atomic E-state index is 11.9. The molecule has 1 rings (SSSR count). The second-order valence-electron chi connectivity index (χ2n) is 7.71. The van der Waals surface area contributed by atoms with Crippen LogP contribution in [-0.4, -0.2) is 17.6 Å². The molecular formula is C18H27ClN2O3. The van der Waals surface area contributed by atoms with Gasteiger partial charge in [0.2, 0.25) is 5.91 Å². The Hall–Kier alpha value is -1.75. The van der Waals surface area contributed by atoms with Gasteiger partial charge in [0, 0.05) is 23.5 Å². The third-order valence-electron chi connectivity index (χ3n) is 3.07. The summed E-state index contributed by atoms with van der Waals surface area (Å²) in [5, 5.41) is 6.12. The second kappa shape index (κ2) is 7.88. The molecule has 134 valence electrons. The lowest BCUT2D eigenvalue weighted by atomic mass is 9.95. The van der Waals surface area contributed by atoms with Crippen LogP contribution in [0.15, 0.2) is 18.2 Å². The zero-order valence-corrected chi connectivity index (χ0v) is 16.0. The maximum atomic E-state index is 11.9. The summed E-state index contributed by atoms with van der Waals surface area (Å²) in [7, 11) is 0. The molecule has 2 amide bonds. The second-order valence-corrected chi connectivity index (χ2v) is 8.12. The van der Waals surface area contributed by atoms with Crippen molar-refractivity contribution in [2.24, 2.45) is 5.41 Å². The van der Waals surface area contributed by atoms with Gasteiger partial charge in [-0.1, -0.05) is 44.5 Å². The quantitative estimate of drug-likeness (QED) is 0.857. The Kier molecular flexibility index (Phi) is 6.67. The minimum absolute atomic E-state index is 0.0223. The zero-order valence-electron chi connectivity index (χ0n) is 15.2. The number of halogens is 1. The standard InChI is InChI=1S/C18H27ClN2O3/c1-17(2,3)15(22)20-10-12-7-8-14(19)13(9-12)11-21-16(23)24-18(4,5)6/h7-9H,10-11H2,1-6H3,(H,20,22)(H,21,23). The van der Waals surface area contributed by atoms with E-state index in [1.54, 1.807) is 26.8 Å². The number of carbonyl (C=O) groups excluding carboxylic acids is 2. The molecule has 0 aromatic heterocycles. The molecule has 0 saturated carbocycles. The molecule has 1 aromatic carbocycles. The van der Waals surface area contributed by atoms with E-state index >= 15 is 0 Å². The van der Waals surface area contributed by atoms with Crippen LogP contribution < -0.4 is 10.6 Å². The van der Waals surface area contributed by atoms with Crippen LogP contribution in [0.3, 0.4) is 0 Å². The third kappa shape index (κ3) is 7.21. The molecule has 0 radical (unpaired) electrons. The minimum atomic E-state index is -0.549. The van der Waals surface area contributed by atoms with E-state index in [0.717, 1.165) is 11.1 Å². The number of ether oxygens (including phenoxy) is 1. The highest BCUT2D eigenvalue weighted by atomic mass is 35.5. The van der Waals surface area contributed by atoms with E-state index in [1.807, 2.05) is 32.9 Å². The van der Waals surface area contributed by atoms with Gasteiger partial charge in [0.15, 0.2) is 0 Å². The number of hydrogen-bond acceptors (Lipinski definition) is 3. The first kappa shape index (κ1) is 20.3. The Bertz CT molecular complexity index is 601. The average molecular weight is 355 g/mol. The van der Waals surface area contributed by atoms with Crippen LogP contribution in [-0.2, 0) is 22.6 Å². The van der Waals surface area contributed by atoms with Gasteiger partial charge in [0.25, 0.3) is 0 Å². The Morgan fingerprint density at radius 1 is 1.04 bits per heavy atom. The molecule has 6 heteroatoms. The van der Waals surface area contributed by atoms with Crippen molar-refractivity contribution in [2.75, 3.05) is 0 Å². The van der Waals surface area contributed by atoms with E-state index < -0.39 is 17.1 Å². The average Bonchev–Trinajstić information content (AvgIpc) is 2.41. The van der Waals surface area contributed by atoms with Gasteiger partial charge in [-0.15, -0.1) is 0 Å². The Morgan fingerprint density at radius 2 is 1.67 bits per heavy atom. The van der Waals surface area contributed by atoms with Crippen molar-refractivity contribution in [1.82, 2.24) is 10.6 Å². The predicted molar refractivity (Wildman–Crippen MR) is 95.8 cm³/mol. The molecule has 0 aliphatic rings. The lowest BCUT2D eigenvalue weighted by molar-refractivity contribution is -0.128. The highest BCUT2D eigenvalue weighted by Gasteiger charge is 2.20. The normalized spacial score (nSPS) is 11.8. The van der Waals surface area contributed by atoms with Crippen LogP contribution in [0.5, 0.6) is 0 Å². The Morgan fingerprint density at radius 3 is 2.21 bits per heavy atom. The number of hydrogen-bond donors (Lipinski definition) is 2. The number of rotatable bonds is 4. The SMILES string of the molecule is CC(C)(C)OC(=O)NCc1cc(CNC(=O)C(C)(C)C)ccc1Cl. The first-order valence-corrected chi connectivity index (χ1v) is 8.29. The van der Waals surface area contributed by atoms with E-state index in [1.165, 1.54) is 0 Å². The molecule has 5 nitrogen and oxygen atoms in total. The fourth-order valence-electron chi connectivity index (χ4n) is 1.80. The molecule has 0 aliphatic carbocycles. The molecule has 24 heavy (non-hydrogen) atoms. The van der Waals surface area contributed by atoms with Crippen LogP contribution in [0.1, 0.15) is 52.7 Å². The van der Waals surface area contributed by atoms with Gasteiger partial charge in [-0.2, -0.15) is 0 Å². The number of benzene rings is 1. The van der Waals surface area contributed by atoms with Crippen molar-refractivity contribution < 1.29 is 14.3 Å². The summed E-state index contributed by atoms with van der Waals surface area (Å²) in [4.78, 5) is 23.6. The van der Waals surface area contributed by atoms with Gasteiger partial charge in [-0.05, 0) is 38.0 Å². The van der Waals surface area contributed by atoms with Gasteiger partial charge in [-0.25, -0.2) is 4.79 Å². The molecule has 0 unspecified atom stereocenters. The number of nitrogens with one attached hydrogen (secondary N) is 2. The molecular weight excluding hydrogens is 328 g/mol. The zero-order chi connectivity index (χ0) is 18.5.